The van der Waals surface area contributed by atoms with E-state index in [0.717, 1.165) is 6.54 Å². The number of carbonyl (C=O) groups excluding carboxylic acids is 1. The molecular weight excluding hydrogens is 264 g/mol. The maximum Gasteiger partial charge on any atom is 0.339 e. The number of rotatable bonds is 6. The summed E-state index contributed by atoms with van der Waals surface area (Å²) >= 11 is 5.95. The molecule has 1 aromatic carbocycles. The smallest absolute Gasteiger partial charge is 0.339 e. The number of esters is 1. The summed E-state index contributed by atoms with van der Waals surface area (Å²) in [5.74, 6) is -0.412. The van der Waals surface area contributed by atoms with Crippen molar-refractivity contribution in [3.63, 3.8) is 0 Å². The molecule has 0 unspecified atom stereocenters. The summed E-state index contributed by atoms with van der Waals surface area (Å²) in [7, 11) is 0. The van der Waals surface area contributed by atoms with Gasteiger partial charge in [0.2, 0.25) is 0 Å². The maximum atomic E-state index is 11.9. The number of hydrogen-bond acceptors (Lipinski definition) is 4. The van der Waals surface area contributed by atoms with Crippen LogP contribution in [0.2, 0.25) is 5.02 Å². The topological polar surface area (TPSA) is 55.6 Å². The number of anilines is 1. The Kier molecular flexibility index (Phi) is 6.12. The largest absolute Gasteiger partial charge is 0.461 e. The molecule has 106 valence electrons. The summed E-state index contributed by atoms with van der Waals surface area (Å²) in [6, 6.07) is 5.20. The molecule has 0 bridgehead atoms. The summed E-state index contributed by atoms with van der Waals surface area (Å²) in [4.78, 5) is 14.1. The van der Waals surface area contributed by atoms with Gasteiger partial charge in [0.1, 0.15) is 6.61 Å². The van der Waals surface area contributed by atoms with Crippen LogP contribution in [0.3, 0.4) is 0 Å². The fourth-order valence-corrected chi connectivity index (χ4v) is 2.08. The van der Waals surface area contributed by atoms with Crippen molar-refractivity contribution in [2.75, 3.05) is 25.4 Å². The Balaban J connectivity index is 2.51. The first-order chi connectivity index (χ1) is 8.95. The molecule has 1 aromatic rings. The molecule has 0 aromatic heterocycles. The lowest BCUT2D eigenvalue weighted by Crippen LogP contribution is -2.34. The molecule has 0 radical (unpaired) electrons. The van der Waals surface area contributed by atoms with Crippen molar-refractivity contribution in [3.8, 4) is 0 Å². The highest BCUT2D eigenvalue weighted by atomic mass is 35.5. The van der Waals surface area contributed by atoms with Crippen molar-refractivity contribution in [1.82, 2.24) is 4.90 Å². The predicted octanol–water partition coefficient (Wildman–Crippen LogP) is 2.81. The van der Waals surface area contributed by atoms with Crippen molar-refractivity contribution >= 4 is 23.3 Å². The highest BCUT2D eigenvalue weighted by Crippen LogP contribution is 2.19. The summed E-state index contributed by atoms with van der Waals surface area (Å²) in [6.07, 6.45) is 0. The van der Waals surface area contributed by atoms with Crippen molar-refractivity contribution in [2.45, 2.75) is 26.8 Å². The lowest BCUT2D eigenvalue weighted by molar-refractivity contribution is 0.0448. The van der Waals surface area contributed by atoms with Crippen LogP contribution < -0.4 is 5.73 Å². The number of ether oxygens (including phenoxy) is 1. The second-order valence-electron chi connectivity index (χ2n) is 4.60. The van der Waals surface area contributed by atoms with Crippen molar-refractivity contribution in [1.29, 1.82) is 0 Å². The zero-order chi connectivity index (χ0) is 14.4. The molecular formula is C14H21ClN2O2. The standard InChI is InChI=1S/C14H21ClN2O2/c1-4-17(10(2)3)7-8-19-14(18)12-6-5-11(16)9-13(12)15/h5-6,9-10H,4,7-8,16H2,1-3H3. The maximum absolute atomic E-state index is 11.9. The van der Waals surface area contributed by atoms with E-state index in [-0.39, 0.29) is 0 Å². The zero-order valence-corrected chi connectivity index (χ0v) is 12.4. The number of nitrogen functional groups attached to an aromatic ring is 1. The van der Waals surface area contributed by atoms with Gasteiger partial charge in [-0.2, -0.15) is 0 Å². The average Bonchev–Trinajstić information content (AvgIpc) is 2.33. The monoisotopic (exact) mass is 284 g/mol. The molecule has 5 heteroatoms. The fourth-order valence-electron chi connectivity index (χ4n) is 1.81. The number of likely N-dealkylation sites (N-methyl/N-ethyl adjacent to an activating group) is 1. The van der Waals surface area contributed by atoms with Crippen LogP contribution in [-0.2, 0) is 4.74 Å². The molecule has 0 fully saturated rings. The van der Waals surface area contributed by atoms with Gasteiger partial charge in [-0.25, -0.2) is 4.79 Å². The minimum absolute atomic E-state index is 0.321. The minimum atomic E-state index is -0.412. The van der Waals surface area contributed by atoms with Gasteiger partial charge in [-0.15, -0.1) is 0 Å². The molecule has 0 aliphatic heterocycles. The Morgan fingerprint density at radius 1 is 1.47 bits per heavy atom. The Bertz CT molecular complexity index is 435. The van der Waals surface area contributed by atoms with Gasteiger partial charge in [-0.05, 0) is 38.6 Å². The quantitative estimate of drug-likeness (QED) is 0.645. The minimum Gasteiger partial charge on any atom is -0.461 e. The van der Waals surface area contributed by atoms with Crippen molar-refractivity contribution in [2.24, 2.45) is 0 Å². The molecule has 4 nitrogen and oxygen atoms in total. The third-order valence-corrected chi connectivity index (χ3v) is 3.27. The summed E-state index contributed by atoms with van der Waals surface area (Å²) in [5, 5.41) is 0.321. The normalized spacial score (nSPS) is 11.1. The molecule has 2 N–H and O–H groups in total. The van der Waals surface area contributed by atoms with E-state index >= 15 is 0 Å². The van der Waals surface area contributed by atoms with Gasteiger partial charge >= 0.3 is 5.97 Å². The summed E-state index contributed by atoms with van der Waals surface area (Å²) < 4.78 is 5.23. The molecule has 0 saturated heterocycles. The van der Waals surface area contributed by atoms with Gasteiger partial charge in [0.05, 0.1) is 10.6 Å². The molecule has 0 aliphatic rings. The number of benzene rings is 1. The average molecular weight is 285 g/mol. The van der Waals surface area contributed by atoms with Gasteiger partial charge in [0, 0.05) is 18.3 Å². The first kappa shape index (κ1) is 15.8. The Hall–Kier alpha value is -1.26. The Morgan fingerprint density at radius 2 is 2.16 bits per heavy atom. The van der Waals surface area contributed by atoms with E-state index in [4.69, 9.17) is 22.1 Å². The van der Waals surface area contributed by atoms with E-state index in [9.17, 15) is 4.79 Å². The second kappa shape index (κ2) is 7.36. The highest BCUT2D eigenvalue weighted by molar-refractivity contribution is 6.33. The molecule has 0 aliphatic carbocycles. The molecule has 0 spiro atoms. The van der Waals surface area contributed by atoms with Crippen LogP contribution in [0.1, 0.15) is 31.1 Å². The van der Waals surface area contributed by atoms with Crippen LogP contribution in [0.25, 0.3) is 0 Å². The van der Waals surface area contributed by atoms with Gasteiger partial charge in [-0.3, -0.25) is 4.90 Å². The zero-order valence-electron chi connectivity index (χ0n) is 11.6. The lowest BCUT2D eigenvalue weighted by atomic mass is 10.2. The first-order valence-electron chi connectivity index (χ1n) is 6.42. The van der Waals surface area contributed by atoms with E-state index in [2.05, 4.69) is 25.7 Å². The molecule has 1 rings (SSSR count). The van der Waals surface area contributed by atoms with Gasteiger partial charge in [0.25, 0.3) is 0 Å². The van der Waals surface area contributed by atoms with E-state index in [1.807, 2.05) is 0 Å². The van der Waals surface area contributed by atoms with E-state index in [1.54, 1.807) is 18.2 Å². The van der Waals surface area contributed by atoms with Crippen LogP contribution in [0.5, 0.6) is 0 Å². The van der Waals surface area contributed by atoms with Crippen LogP contribution >= 0.6 is 11.6 Å². The van der Waals surface area contributed by atoms with Gasteiger partial charge in [-0.1, -0.05) is 18.5 Å². The highest BCUT2D eigenvalue weighted by Gasteiger charge is 2.13. The first-order valence-corrected chi connectivity index (χ1v) is 6.79. The number of nitrogens with zero attached hydrogens (tertiary/aromatic N) is 1. The molecule has 19 heavy (non-hydrogen) atoms. The SMILES string of the molecule is CCN(CCOC(=O)c1ccc(N)cc1Cl)C(C)C. The third kappa shape index (κ3) is 4.73. The van der Waals surface area contributed by atoms with E-state index in [1.165, 1.54) is 0 Å². The molecule has 0 amide bonds. The van der Waals surface area contributed by atoms with Crippen molar-refractivity contribution < 1.29 is 9.53 Å². The van der Waals surface area contributed by atoms with Crippen LogP contribution in [0.15, 0.2) is 18.2 Å². The van der Waals surface area contributed by atoms with Gasteiger partial charge < -0.3 is 10.5 Å². The number of hydrogen-bond donors (Lipinski definition) is 1. The molecule has 0 saturated carbocycles. The van der Waals surface area contributed by atoms with E-state index in [0.29, 0.717) is 35.5 Å². The van der Waals surface area contributed by atoms with Crippen LogP contribution in [0, 0.1) is 0 Å². The second-order valence-corrected chi connectivity index (χ2v) is 5.00. The molecule has 0 atom stereocenters. The fraction of sp³-hybridized carbons (Fsp3) is 0.500. The third-order valence-electron chi connectivity index (χ3n) is 2.96. The number of halogens is 1. The van der Waals surface area contributed by atoms with Crippen LogP contribution in [-0.4, -0.2) is 36.6 Å². The molecule has 0 heterocycles. The Morgan fingerprint density at radius 3 is 2.68 bits per heavy atom. The van der Waals surface area contributed by atoms with Gasteiger partial charge in [0.15, 0.2) is 0 Å². The van der Waals surface area contributed by atoms with Crippen LogP contribution in [0.4, 0.5) is 5.69 Å². The Labute approximate surface area is 119 Å². The number of carbonyl (C=O) groups is 1. The summed E-state index contributed by atoms with van der Waals surface area (Å²) in [5.41, 5.74) is 6.45. The number of nitrogens with two attached hydrogens (primary N) is 1. The lowest BCUT2D eigenvalue weighted by Gasteiger charge is -2.24. The summed E-state index contributed by atoms with van der Waals surface area (Å²) in [6.45, 7) is 8.30. The van der Waals surface area contributed by atoms with Crippen molar-refractivity contribution in [3.05, 3.63) is 28.8 Å². The van der Waals surface area contributed by atoms with E-state index < -0.39 is 5.97 Å². The predicted molar refractivity (Wildman–Crippen MR) is 78.5 cm³/mol.